The fourth-order valence-corrected chi connectivity index (χ4v) is 4.01. The molecule has 1 aromatic carbocycles. The molecule has 4 rings (SSSR count). The lowest BCUT2D eigenvalue weighted by molar-refractivity contribution is 0.0955. The lowest BCUT2D eigenvalue weighted by Crippen LogP contribution is -2.22. The van der Waals surface area contributed by atoms with E-state index in [1.807, 2.05) is 61.9 Å². The van der Waals surface area contributed by atoms with Gasteiger partial charge in [-0.3, -0.25) is 4.79 Å². The van der Waals surface area contributed by atoms with Crippen LogP contribution in [-0.4, -0.2) is 20.8 Å². The van der Waals surface area contributed by atoms with E-state index in [1.54, 1.807) is 0 Å². The molecular weight excluding hydrogens is 348 g/mol. The van der Waals surface area contributed by atoms with Gasteiger partial charge in [0, 0.05) is 17.5 Å². The Bertz CT molecular complexity index is 1070. The van der Waals surface area contributed by atoms with Crippen molar-refractivity contribution < 1.29 is 9.32 Å². The molecule has 0 atom stereocenters. The van der Waals surface area contributed by atoms with Gasteiger partial charge >= 0.3 is 0 Å². The van der Waals surface area contributed by atoms with Gasteiger partial charge in [-0.2, -0.15) is 5.10 Å². The number of thiophene rings is 1. The Hall–Kier alpha value is -2.93. The molecule has 1 amide bonds. The van der Waals surface area contributed by atoms with E-state index < -0.39 is 0 Å². The van der Waals surface area contributed by atoms with E-state index in [-0.39, 0.29) is 5.91 Å². The predicted molar refractivity (Wildman–Crippen MR) is 101 cm³/mol. The van der Waals surface area contributed by atoms with Crippen LogP contribution in [0, 0.1) is 20.8 Å². The molecular formula is C19H18N4O2S. The van der Waals surface area contributed by atoms with Crippen molar-refractivity contribution in [1.29, 1.82) is 0 Å². The largest absolute Gasteiger partial charge is 0.361 e. The molecule has 1 N–H and O–H groups in total. The standard InChI is InChI=1S/C19H18N4O2S/c1-11-15-9-17(18(24)20-10-16-12(2)22-25-13(16)3)26-19(15)23(21-11)14-7-5-4-6-8-14/h4-9H,10H2,1-3H3,(H,20,24). The van der Waals surface area contributed by atoms with Crippen molar-refractivity contribution >= 4 is 27.5 Å². The van der Waals surface area contributed by atoms with Crippen molar-refractivity contribution in [2.24, 2.45) is 0 Å². The number of carbonyl (C=O) groups is 1. The molecule has 0 aliphatic rings. The summed E-state index contributed by atoms with van der Waals surface area (Å²) >= 11 is 1.44. The van der Waals surface area contributed by atoms with Crippen LogP contribution in [0.1, 0.15) is 32.4 Å². The average Bonchev–Trinajstić information content (AvgIpc) is 3.30. The van der Waals surface area contributed by atoms with E-state index >= 15 is 0 Å². The summed E-state index contributed by atoms with van der Waals surface area (Å²) in [4.78, 5) is 14.2. The number of aromatic nitrogens is 3. The van der Waals surface area contributed by atoms with Crippen molar-refractivity contribution in [3.05, 3.63) is 64.0 Å². The first kappa shape index (κ1) is 16.5. The molecule has 0 aliphatic carbocycles. The number of para-hydroxylation sites is 1. The maximum absolute atomic E-state index is 12.6. The second-order valence-corrected chi connectivity index (χ2v) is 7.18. The zero-order valence-corrected chi connectivity index (χ0v) is 15.6. The van der Waals surface area contributed by atoms with Crippen LogP contribution in [0.25, 0.3) is 15.9 Å². The summed E-state index contributed by atoms with van der Waals surface area (Å²) < 4.78 is 7.03. The number of amides is 1. The van der Waals surface area contributed by atoms with Crippen molar-refractivity contribution in [2.45, 2.75) is 27.3 Å². The van der Waals surface area contributed by atoms with Crippen LogP contribution in [0.3, 0.4) is 0 Å². The lowest BCUT2D eigenvalue weighted by Gasteiger charge is -2.03. The number of nitrogens with one attached hydrogen (secondary N) is 1. The monoisotopic (exact) mass is 366 g/mol. The number of carbonyl (C=O) groups excluding carboxylic acids is 1. The highest BCUT2D eigenvalue weighted by Crippen LogP contribution is 2.30. The van der Waals surface area contributed by atoms with Crippen LogP contribution >= 0.6 is 11.3 Å². The fourth-order valence-electron chi connectivity index (χ4n) is 2.91. The highest BCUT2D eigenvalue weighted by atomic mass is 32.1. The number of benzene rings is 1. The molecule has 7 heteroatoms. The van der Waals surface area contributed by atoms with E-state index in [2.05, 4.69) is 15.6 Å². The van der Waals surface area contributed by atoms with Crippen LogP contribution in [0.4, 0.5) is 0 Å². The number of nitrogens with zero attached hydrogens (tertiary/aromatic N) is 3. The highest BCUT2D eigenvalue weighted by molar-refractivity contribution is 7.20. The quantitative estimate of drug-likeness (QED) is 0.594. The van der Waals surface area contributed by atoms with Crippen molar-refractivity contribution in [3.8, 4) is 5.69 Å². The SMILES string of the molecule is Cc1noc(C)c1CNC(=O)c1cc2c(C)nn(-c3ccccc3)c2s1. The first-order chi connectivity index (χ1) is 12.5. The molecule has 0 saturated heterocycles. The van der Waals surface area contributed by atoms with E-state index in [1.165, 1.54) is 11.3 Å². The molecule has 26 heavy (non-hydrogen) atoms. The molecule has 6 nitrogen and oxygen atoms in total. The minimum absolute atomic E-state index is 0.106. The second-order valence-electron chi connectivity index (χ2n) is 6.15. The van der Waals surface area contributed by atoms with E-state index in [9.17, 15) is 4.79 Å². The number of aryl methyl sites for hydroxylation is 3. The summed E-state index contributed by atoms with van der Waals surface area (Å²) in [5.41, 5.74) is 3.61. The number of rotatable bonds is 4. The molecule has 132 valence electrons. The minimum atomic E-state index is -0.106. The highest BCUT2D eigenvalue weighted by Gasteiger charge is 2.18. The summed E-state index contributed by atoms with van der Waals surface area (Å²) in [6.45, 7) is 6.08. The zero-order valence-electron chi connectivity index (χ0n) is 14.7. The van der Waals surface area contributed by atoms with Gasteiger partial charge in [-0.1, -0.05) is 23.4 Å². The van der Waals surface area contributed by atoms with Crippen molar-refractivity contribution in [1.82, 2.24) is 20.3 Å². The zero-order chi connectivity index (χ0) is 18.3. The second kappa shape index (κ2) is 6.42. The van der Waals surface area contributed by atoms with Gasteiger partial charge in [0.05, 0.1) is 22.0 Å². The molecule has 0 radical (unpaired) electrons. The fraction of sp³-hybridized carbons (Fsp3) is 0.211. The average molecular weight is 366 g/mol. The van der Waals surface area contributed by atoms with E-state index in [0.29, 0.717) is 11.4 Å². The Labute approximate surface area is 154 Å². The summed E-state index contributed by atoms with van der Waals surface area (Å²) in [6.07, 6.45) is 0. The van der Waals surface area contributed by atoms with Gasteiger partial charge in [-0.15, -0.1) is 11.3 Å². The van der Waals surface area contributed by atoms with Gasteiger partial charge in [0.25, 0.3) is 5.91 Å². The molecule has 4 aromatic rings. The van der Waals surface area contributed by atoms with E-state index in [4.69, 9.17) is 4.52 Å². The van der Waals surface area contributed by atoms with E-state index in [0.717, 1.165) is 38.6 Å². The molecule has 0 spiro atoms. The summed E-state index contributed by atoms with van der Waals surface area (Å²) in [5.74, 6) is 0.625. The van der Waals surface area contributed by atoms with Crippen molar-refractivity contribution in [3.63, 3.8) is 0 Å². The third kappa shape index (κ3) is 2.80. The molecule has 0 fully saturated rings. The van der Waals surface area contributed by atoms with Crippen LogP contribution in [0.5, 0.6) is 0 Å². The summed E-state index contributed by atoms with van der Waals surface area (Å²) in [6, 6.07) is 11.8. The Morgan fingerprint density at radius 1 is 1.19 bits per heavy atom. The van der Waals surface area contributed by atoms with Crippen LogP contribution < -0.4 is 5.32 Å². The Morgan fingerprint density at radius 3 is 2.65 bits per heavy atom. The Morgan fingerprint density at radius 2 is 1.96 bits per heavy atom. The molecule has 0 unspecified atom stereocenters. The molecule has 0 bridgehead atoms. The normalized spacial score (nSPS) is 11.2. The maximum Gasteiger partial charge on any atom is 0.261 e. The number of hydrogen-bond donors (Lipinski definition) is 1. The summed E-state index contributed by atoms with van der Waals surface area (Å²) in [7, 11) is 0. The Balaban J connectivity index is 1.62. The molecule has 0 saturated carbocycles. The van der Waals surface area contributed by atoms with Gasteiger partial charge in [0.2, 0.25) is 0 Å². The maximum atomic E-state index is 12.6. The minimum Gasteiger partial charge on any atom is -0.361 e. The van der Waals surface area contributed by atoms with Gasteiger partial charge in [-0.05, 0) is 39.0 Å². The summed E-state index contributed by atoms with van der Waals surface area (Å²) in [5, 5.41) is 12.5. The van der Waals surface area contributed by atoms with Crippen LogP contribution in [0.2, 0.25) is 0 Å². The lowest BCUT2D eigenvalue weighted by atomic mass is 10.2. The topological polar surface area (TPSA) is 73.0 Å². The third-order valence-electron chi connectivity index (χ3n) is 4.38. The van der Waals surface area contributed by atoms with Gasteiger partial charge < -0.3 is 9.84 Å². The Kier molecular flexibility index (Phi) is 4.08. The first-order valence-electron chi connectivity index (χ1n) is 8.29. The third-order valence-corrected chi connectivity index (χ3v) is 5.49. The van der Waals surface area contributed by atoms with Gasteiger partial charge in [0.1, 0.15) is 10.6 Å². The molecule has 3 aromatic heterocycles. The molecule has 0 aliphatic heterocycles. The smallest absolute Gasteiger partial charge is 0.261 e. The predicted octanol–water partition coefficient (Wildman–Crippen LogP) is 3.93. The number of fused-ring (bicyclic) bond motifs is 1. The first-order valence-corrected chi connectivity index (χ1v) is 9.11. The number of hydrogen-bond acceptors (Lipinski definition) is 5. The van der Waals surface area contributed by atoms with Crippen LogP contribution in [0.15, 0.2) is 40.9 Å². The van der Waals surface area contributed by atoms with Gasteiger partial charge in [-0.25, -0.2) is 4.68 Å². The van der Waals surface area contributed by atoms with Gasteiger partial charge in [0.15, 0.2) is 0 Å². The molecule has 3 heterocycles. The van der Waals surface area contributed by atoms with Crippen LogP contribution in [-0.2, 0) is 6.54 Å². The van der Waals surface area contributed by atoms with Crippen molar-refractivity contribution in [2.75, 3.05) is 0 Å².